The maximum atomic E-state index is 11.2. The molecular formula is C12H20N2O5S. The molecule has 1 aromatic rings. The second kappa shape index (κ2) is 8.83. The van der Waals surface area contributed by atoms with Crippen molar-refractivity contribution < 1.29 is 23.2 Å². The van der Waals surface area contributed by atoms with Crippen molar-refractivity contribution in [3.63, 3.8) is 0 Å². The predicted molar refractivity (Wildman–Crippen MR) is 73.7 cm³/mol. The highest BCUT2D eigenvalue weighted by atomic mass is 32.2. The van der Waals surface area contributed by atoms with E-state index in [1.807, 2.05) is 13.8 Å². The third-order valence-electron chi connectivity index (χ3n) is 2.38. The van der Waals surface area contributed by atoms with Crippen molar-refractivity contribution in [3.8, 4) is 0 Å². The third-order valence-corrected chi connectivity index (χ3v) is 3.93. The summed E-state index contributed by atoms with van der Waals surface area (Å²) in [6.07, 6.45) is 2.50. The van der Waals surface area contributed by atoms with E-state index in [9.17, 15) is 4.79 Å². The third kappa shape index (κ3) is 5.03. The zero-order chi connectivity index (χ0) is 15.0. The van der Waals surface area contributed by atoms with E-state index in [1.165, 1.54) is 14.2 Å². The molecule has 0 N–H and O–H groups in total. The molecule has 0 bridgehead atoms. The number of hydrogen-bond acceptors (Lipinski definition) is 7. The summed E-state index contributed by atoms with van der Waals surface area (Å²) in [6, 6.07) is 0. The van der Waals surface area contributed by atoms with Crippen molar-refractivity contribution in [1.82, 2.24) is 4.98 Å². The van der Waals surface area contributed by atoms with E-state index >= 15 is 0 Å². The molecule has 7 nitrogen and oxygen atoms in total. The largest absolute Gasteiger partial charge is 0.469 e. The van der Waals surface area contributed by atoms with Gasteiger partial charge in [0.05, 0.1) is 31.4 Å². The molecule has 0 saturated carbocycles. The van der Waals surface area contributed by atoms with Gasteiger partial charge in [0, 0.05) is 6.54 Å². The van der Waals surface area contributed by atoms with E-state index in [1.54, 1.807) is 6.20 Å². The van der Waals surface area contributed by atoms with Crippen LogP contribution < -0.4 is 0 Å². The lowest BCUT2D eigenvalue weighted by Gasteiger charge is -2.11. The molecule has 1 rings (SSSR count). The molecule has 0 saturated heterocycles. The summed E-state index contributed by atoms with van der Waals surface area (Å²) < 4.78 is 19.6. The molecule has 114 valence electrons. The summed E-state index contributed by atoms with van der Waals surface area (Å²) in [5.74, 6) is 0.521. The molecule has 8 heteroatoms. The Kier molecular flexibility index (Phi) is 7.42. The van der Waals surface area contributed by atoms with Gasteiger partial charge < -0.3 is 9.15 Å². The molecule has 1 aromatic heterocycles. The lowest BCUT2D eigenvalue weighted by Crippen LogP contribution is -2.06. The van der Waals surface area contributed by atoms with Crippen LogP contribution in [-0.4, -0.2) is 31.7 Å². The topological polar surface area (TPSA) is 83.2 Å². The summed E-state index contributed by atoms with van der Waals surface area (Å²) in [7, 11) is 2.00. The van der Waals surface area contributed by atoms with Crippen LogP contribution in [0.4, 0.5) is 0 Å². The number of methoxy groups -OCH3 is 1. The lowest BCUT2D eigenvalue weighted by molar-refractivity contribution is -0.164. The highest BCUT2D eigenvalue weighted by molar-refractivity contribution is 7.82. The Morgan fingerprint density at radius 1 is 1.55 bits per heavy atom. The van der Waals surface area contributed by atoms with Crippen LogP contribution in [0.1, 0.15) is 37.2 Å². The molecular weight excluding hydrogens is 284 g/mol. The SMILES string of the molecule is CCC/N=S(/OOC)C(C)c1cnc(CC(=O)OC)o1. The van der Waals surface area contributed by atoms with Crippen molar-refractivity contribution in [2.75, 3.05) is 20.8 Å². The van der Waals surface area contributed by atoms with Crippen LogP contribution in [-0.2, 0) is 36.1 Å². The Balaban J connectivity index is 2.79. The molecule has 0 aliphatic carbocycles. The van der Waals surface area contributed by atoms with Gasteiger partial charge >= 0.3 is 5.97 Å². The molecule has 2 atom stereocenters. The van der Waals surface area contributed by atoms with E-state index in [4.69, 9.17) is 13.6 Å². The van der Waals surface area contributed by atoms with Gasteiger partial charge in [-0.3, -0.25) is 4.79 Å². The number of carbonyl (C=O) groups is 1. The first kappa shape index (κ1) is 16.8. The Morgan fingerprint density at radius 2 is 2.30 bits per heavy atom. The molecule has 0 amide bonds. The standard InChI is InChI=1S/C12H20N2O5S/c1-5-6-14-20(19-17-4)9(2)10-8-13-11(18-10)7-12(15)16-3/h8-9H,5-7H2,1-4H3. The smallest absolute Gasteiger partial charge is 0.314 e. The molecule has 0 spiro atoms. The minimum absolute atomic E-state index is 0.00817. The molecule has 1 heterocycles. The molecule has 0 radical (unpaired) electrons. The first-order valence-corrected chi connectivity index (χ1v) is 7.42. The Morgan fingerprint density at radius 3 is 2.90 bits per heavy atom. The number of oxazole rings is 1. The van der Waals surface area contributed by atoms with Gasteiger partial charge in [0.15, 0.2) is 0 Å². The van der Waals surface area contributed by atoms with Crippen LogP contribution in [0.25, 0.3) is 0 Å². The monoisotopic (exact) mass is 304 g/mol. The summed E-state index contributed by atoms with van der Waals surface area (Å²) in [6.45, 7) is 4.62. The number of rotatable bonds is 8. The Bertz CT molecular complexity index is 460. The van der Waals surface area contributed by atoms with Crippen LogP contribution in [0.3, 0.4) is 0 Å². The van der Waals surface area contributed by atoms with E-state index < -0.39 is 16.9 Å². The number of esters is 1. The van der Waals surface area contributed by atoms with E-state index in [2.05, 4.69) is 14.1 Å². The zero-order valence-electron chi connectivity index (χ0n) is 12.1. The first-order chi connectivity index (χ1) is 9.62. The predicted octanol–water partition coefficient (Wildman–Crippen LogP) is 2.16. The highest BCUT2D eigenvalue weighted by Crippen LogP contribution is 2.23. The van der Waals surface area contributed by atoms with Crippen molar-refractivity contribution >= 4 is 16.9 Å². The maximum absolute atomic E-state index is 11.2. The van der Waals surface area contributed by atoms with Crippen LogP contribution in [0.2, 0.25) is 0 Å². The summed E-state index contributed by atoms with van der Waals surface area (Å²) in [4.78, 5) is 19.9. The van der Waals surface area contributed by atoms with E-state index in [-0.39, 0.29) is 11.7 Å². The van der Waals surface area contributed by atoms with E-state index in [0.717, 1.165) is 6.42 Å². The summed E-state index contributed by atoms with van der Waals surface area (Å²) in [5, 5.41) is -0.139. The summed E-state index contributed by atoms with van der Waals surface area (Å²) in [5.41, 5.74) is 0. The number of hydrogen-bond donors (Lipinski definition) is 0. The Labute approximate surface area is 120 Å². The first-order valence-electron chi connectivity index (χ1n) is 6.25. The fraction of sp³-hybridized carbons (Fsp3) is 0.667. The molecule has 0 fully saturated rings. The van der Waals surface area contributed by atoms with E-state index in [0.29, 0.717) is 18.2 Å². The lowest BCUT2D eigenvalue weighted by atomic mass is 10.4. The average Bonchev–Trinajstić information content (AvgIpc) is 2.91. The van der Waals surface area contributed by atoms with Crippen molar-refractivity contribution in [2.45, 2.75) is 31.9 Å². The zero-order valence-corrected chi connectivity index (χ0v) is 12.9. The van der Waals surface area contributed by atoms with Crippen LogP contribution >= 0.6 is 0 Å². The van der Waals surface area contributed by atoms with Gasteiger partial charge in [-0.2, -0.15) is 4.33 Å². The number of nitrogens with zero attached hydrogens (tertiary/aromatic N) is 2. The van der Waals surface area contributed by atoms with Gasteiger partial charge in [0.25, 0.3) is 0 Å². The molecule has 0 aliphatic heterocycles. The normalized spacial score (nSPS) is 14.2. The second-order valence-corrected chi connectivity index (χ2v) is 5.57. The number of aromatic nitrogens is 1. The molecule has 0 aromatic carbocycles. The average molecular weight is 304 g/mol. The second-order valence-electron chi connectivity index (χ2n) is 3.92. The van der Waals surface area contributed by atoms with Crippen LogP contribution in [0.15, 0.2) is 15.0 Å². The maximum Gasteiger partial charge on any atom is 0.314 e. The van der Waals surface area contributed by atoms with Crippen LogP contribution in [0.5, 0.6) is 0 Å². The van der Waals surface area contributed by atoms with Gasteiger partial charge in [-0.05, 0) is 13.3 Å². The van der Waals surface area contributed by atoms with Gasteiger partial charge in [0.1, 0.15) is 17.4 Å². The minimum Gasteiger partial charge on any atom is -0.469 e. The van der Waals surface area contributed by atoms with Crippen LogP contribution in [0, 0.1) is 0 Å². The van der Waals surface area contributed by atoms with Gasteiger partial charge in [0.2, 0.25) is 5.89 Å². The van der Waals surface area contributed by atoms with Gasteiger partial charge in [-0.1, -0.05) is 6.92 Å². The fourth-order valence-corrected chi connectivity index (χ4v) is 2.53. The quantitative estimate of drug-likeness (QED) is 0.416. The molecule has 2 unspecified atom stereocenters. The minimum atomic E-state index is -0.768. The highest BCUT2D eigenvalue weighted by Gasteiger charge is 2.19. The van der Waals surface area contributed by atoms with Crippen molar-refractivity contribution in [2.24, 2.45) is 4.36 Å². The van der Waals surface area contributed by atoms with Gasteiger partial charge in [-0.15, -0.1) is 0 Å². The number of carbonyl (C=O) groups excluding carboxylic acids is 1. The van der Waals surface area contributed by atoms with Crippen molar-refractivity contribution in [3.05, 3.63) is 17.8 Å². The Hall–Kier alpha value is -1.25. The number of ether oxygens (including phenoxy) is 1. The molecule has 20 heavy (non-hydrogen) atoms. The molecule has 0 aliphatic rings. The van der Waals surface area contributed by atoms with Gasteiger partial charge in [-0.25, -0.2) is 14.2 Å². The van der Waals surface area contributed by atoms with Crippen molar-refractivity contribution in [1.29, 1.82) is 0 Å². The summed E-state index contributed by atoms with van der Waals surface area (Å²) >= 11 is 0. The fourth-order valence-electron chi connectivity index (χ4n) is 1.33.